The van der Waals surface area contributed by atoms with Gasteiger partial charge in [-0.2, -0.15) is 0 Å². The number of amides is 1. The van der Waals surface area contributed by atoms with E-state index in [9.17, 15) is 4.79 Å². The van der Waals surface area contributed by atoms with Crippen LogP contribution in [0.4, 0.5) is 0 Å². The first-order valence-electron chi connectivity index (χ1n) is 8.10. The quantitative estimate of drug-likeness (QED) is 0.898. The van der Waals surface area contributed by atoms with Gasteiger partial charge < -0.3 is 4.90 Å². The zero-order valence-electron chi connectivity index (χ0n) is 13.8. The maximum Gasteiger partial charge on any atom is 0.241 e. The maximum atomic E-state index is 12.9. The van der Waals surface area contributed by atoms with Crippen molar-refractivity contribution in [3.05, 3.63) is 35.9 Å². The third-order valence-corrected chi connectivity index (χ3v) is 4.87. The van der Waals surface area contributed by atoms with Crippen LogP contribution in [-0.2, 0) is 4.79 Å². The molecule has 0 saturated carbocycles. The molecular formula is C18H28N2O. The molecule has 0 aliphatic carbocycles. The van der Waals surface area contributed by atoms with Crippen molar-refractivity contribution in [3.8, 4) is 0 Å². The van der Waals surface area contributed by atoms with Crippen LogP contribution in [0.15, 0.2) is 30.3 Å². The molecule has 1 fully saturated rings. The number of nitrogens with zero attached hydrogens (tertiary/aromatic N) is 1. The predicted molar refractivity (Wildman–Crippen MR) is 86.7 cm³/mol. The number of hydrogen-bond acceptors (Lipinski definition) is 2. The largest absolute Gasteiger partial charge is 0.319 e. The van der Waals surface area contributed by atoms with Gasteiger partial charge in [-0.3, -0.25) is 10.1 Å². The smallest absolute Gasteiger partial charge is 0.241 e. The summed E-state index contributed by atoms with van der Waals surface area (Å²) in [6.07, 6.45) is 1.00. The van der Waals surface area contributed by atoms with Crippen LogP contribution in [0.1, 0.15) is 52.8 Å². The highest BCUT2D eigenvalue weighted by Crippen LogP contribution is 2.32. The van der Waals surface area contributed by atoms with E-state index in [1.807, 2.05) is 18.2 Å². The molecule has 0 spiro atoms. The number of rotatable bonds is 5. The first-order chi connectivity index (χ1) is 9.97. The molecule has 3 nitrogen and oxygen atoms in total. The fourth-order valence-electron chi connectivity index (χ4n) is 2.90. The van der Waals surface area contributed by atoms with E-state index in [4.69, 9.17) is 0 Å². The number of carbonyl (C=O) groups is 1. The van der Waals surface area contributed by atoms with Crippen molar-refractivity contribution in [2.45, 2.75) is 59.3 Å². The van der Waals surface area contributed by atoms with Crippen molar-refractivity contribution in [1.82, 2.24) is 10.2 Å². The van der Waals surface area contributed by atoms with Gasteiger partial charge in [0.05, 0.1) is 6.04 Å². The molecular weight excluding hydrogens is 260 g/mol. The van der Waals surface area contributed by atoms with Crippen molar-refractivity contribution in [2.24, 2.45) is 11.8 Å². The summed E-state index contributed by atoms with van der Waals surface area (Å²) in [6.45, 7) is 10.8. The molecule has 1 amide bonds. The summed E-state index contributed by atoms with van der Waals surface area (Å²) in [7, 11) is 0. The zero-order chi connectivity index (χ0) is 15.6. The van der Waals surface area contributed by atoms with Crippen molar-refractivity contribution in [2.75, 3.05) is 0 Å². The second-order valence-corrected chi connectivity index (χ2v) is 6.57. The lowest BCUT2D eigenvalue weighted by Crippen LogP contribution is -2.42. The first kappa shape index (κ1) is 16.0. The summed E-state index contributed by atoms with van der Waals surface area (Å²) in [5, 5.41) is 3.57. The monoisotopic (exact) mass is 288 g/mol. The van der Waals surface area contributed by atoms with Crippen LogP contribution in [0.3, 0.4) is 0 Å². The van der Waals surface area contributed by atoms with Crippen molar-refractivity contribution in [1.29, 1.82) is 0 Å². The Labute approximate surface area is 128 Å². The van der Waals surface area contributed by atoms with E-state index < -0.39 is 0 Å². The molecule has 0 bridgehead atoms. The Hall–Kier alpha value is -1.35. The molecule has 1 N–H and O–H groups in total. The molecule has 1 aromatic rings. The van der Waals surface area contributed by atoms with Gasteiger partial charge in [0.1, 0.15) is 6.17 Å². The topological polar surface area (TPSA) is 32.3 Å². The summed E-state index contributed by atoms with van der Waals surface area (Å²) >= 11 is 0. The Morgan fingerprint density at radius 1 is 1.14 bits per heavy atom. The minimum absolute atomic E-state index is 0.00454. The molecule has 1 aromatic carbocycles. The lowest BCUT2D eigenvalue weighted by atomic mass is 9.98. The van der Waals surface area contributed by atoms with Crippen molar-refractivity contribution >= 4 is 5.91 Å². The number of hydrogen-bond donors (Lipinski definition) is 1. The summed E-state index contributed by atoms with van der Waals surface area (Å²) in [4.78, 5) is 15.0. The van der Waals surface area contributed by atoms with Crippen LogP contribution in [0.2, 0.25) is 0 Å². The lowest BCUT2D eigenvalue weighted by Gasteiger charge is -2.33. The molecule has 0 aromatic heterocycles. The lowest BCUT2D eigenvalue weighted by molar-refractivity contribution is -0.133. The highest BCUT2D eigenvalue weighted by atomic mass is 16.2. The third-order valence-electron chi connectivity index (χ3n) is 4.87. The molecule has 0 radical (unpaired) electrons. The fourth-order valence-corrected chi connectivity index (χ4v) is 2.90. The van der Waals surface area contributed by atoms with Crippen LogP contribution in [0, 0.1) is 11.8 Å². The van der Waals surface area contributed by atoms with E-state index in [-0.39, 0.29) is 24.2 Å². The third kappa shape index (κ3) is 3.13. The minimum atomic E-state index is -0.0681. The standard InChI is InChI=1S/C18H28N2O/c1-6-13(4)16-18(21)20(14(5)12(2)3)17(19-16)15-10-8-7-9-11-15/h7-14,16-17,19H,6H2,1-5H3. The Balaban J connectivity index is 2.34. The van der Waals surface area contributed by atoms with Gasteiger partial charge in [-0.1, -0.05) is 64.4 Å². The summed E-state index contributed by atoms with van der Waals surface area (Å²) in [6, 6.07) is 10.5. The van der Waals surface area contributed by atoms with Gasteiger partial charge in [-0.15, -0.1) is 0 Å². The van der Waals surface area contributed by atoms with E-state index in [2.05, 4.69) is 57.0 Å². The molecule has 2 rings (SSSR count). The predicted octanol–water partition coefficient (Wildman–Crippen LogP) is 3.58. The van der Waals surface area contributed by atoms with Gasteiger partial charge in [-0.05, 0) is 24.3 Å². The molecule has 116 valence electrons. The van der Waals surface area contributed by atoms with E-state index in [1.165, 1.54) is 5.56 Å². The maximum absolute atomic E-state index is 12.9. The van der Waals surface area contributed by atoms with Crippen LogP contribution in [-0.4, -0.2) is 22.9 Å². The molecule has 4 unspecified atom stereocenters. The molecule has 4 atom stereocenters. The molecule has 3 heteroatoms. The number of benzene rings is 1. The zero-order valence-corrected chi connectivity index (χ0v) is 13.8. The van der Waals surface area contributed by atoms with Crippen molar-refractivity contribution in [3.63, 3.8) is 0 Å². The molecule has 1 saturated heterocycles. The highest BCUT2D eigenvalue weighted by Gasteiger charge is 2.44. The fraction of sp³-hybridized carbons (Fsp3) is 0.611. The van der Waals surface area contributed by atoms with Gasteiger partial charge in [0.15, 0.2) is 0 Å². The van der Waals surface area contributed by atoms with E-state index in [1.54, 1.807) is 0 Å². The van der Waals surface area contributed by atoms with E-state index in [0.717, 1.165) is 6.42 Å². The van der Waals surface area contributed by atoms with Crippen LogP contribution < -0.4 is 5.32 Å². The summed E-state index contributed by atoms with van der Waals surface area (Å²) < 4.78 is 0. The van der Waals surface area contributed by atoms with Gasteiger partial charge >= 0.3 is 0 Å². The average Bonchev–Trinajstić information content (AvgIpc) is 2.84. The van der Waals surface area contributed by atoms with E-state index in [0.29, 0.717) is 11.8 Å². The average molecular weight is 288 g/mol. The minimum Gasteiger partial charge on any atom is -0.319 e. The summed E-state index contributed by atoms with van der Waals surface area (Å²) in [5.41, 5.74) is 1.17. The first-order valence-corrected chi connectivity index (χ1v) is 8.10. The second-order valence-electron chi connectivity index (χ2n) is 6.57. The van der Waals surface area contributed by atoms with Gasteiger partial charge in [0.25, 0.3) is 0 Å². The molecule has 1 heterocycles. The Bertz CT molecular complexity index is 471. The van der Waals surface area contributed by atoms with Crippen LogP contribution in [0.5, 0.6) is 0 Å². The number of carbonyl (C=O) groups excluding carboxylic acids is 1. The molecule has 1 aliphatic heterocycles. The molecule has 21 heavy (non-hydrogen) atoms. The van der Waals surface area contributed by atoms with Crippen LogP contribution in [0.25, 0.3) is 0 Å². The van der Waals surface area contributed by atoms with E-state index >= 15 is 0 Å². The number of nitrogens with one attached hydrogen (secondary N) is 1. The van der Waals surface area contributed by atoms with Crippen LogP contribution >= 0.6 is 0 Å². The van der Waals surface area contributed by atoms with Gasteiger partial charge in [0, 0.05) is 6.04 Å². The Kier molecular flexibility index (Phi) is 5.04. The Morgan fingerprint density at radius 3 is 2.29 bits per heavy atom. The van der Waals surface area contributed by atoms with Gasteiger partial charge in [-0.25, -0.2) is 0 Å². The molecule has 1 aliphatic rings. The highest BCUT2D eigenvalue weighted by molar-refractivity contribution is 5.85. The summed E-state index contributed by atoms with van der Waals surface area (Å²) in [5.74, 6) is 1.05. The Morgan fingerprint density at radius 2 is 1.76 bits per heavy atom. The second kappa shape index (κ2) is 6.61. The van der Waals surface area contributed by atoms with Crippen molar-refractivity contribution < 1.29 is 4.79 Å². The normalized spacial score (nSPS) is 25.4. The SMILES string of the molecule is CCC(C)C1NC(c2ccccc2)N(C(C)C(C)C)C1=O. The van der Waals surface area contributed by atoms with Gasteiger partial charge in [0.2, 0.25) is 5.91 Å².